The molecule has 5 N–H and O–H groups in total. The summed E-state index contributed by atoms with van der Waals surface area (Å²) in [5.41, 5.74) is 9.95. The van der Waals surface area contributed by atoms with Gasteiger partial charge in [-0.25, -0.2) is 4.99 Å². The standard InChI is InChI=1S/C28H22N6O2S/c1-2-17-6-5-7-18(14-17)32-26-20-15-19(10-11-22(20)30-16-31-26)33-27(35)24-12-13-25(37-24)28(36)34-23-9-4-3-8-21(23)29/h1,3-10,12-16,22H,11,29H2,(H,33,35)(H,34,36)(H,30,31,32). The summed E-state index contributed by atoms with van der Waals surface area (Å²) in [4.78, 5) is 35.2. The van der Waals surface area contributed by atoms with Gasteiger partial charge >= 0.3 is 0 Å². The Morgan fingerprint density at radius 3 is 2.59 bits per heavy atom. The lowest BCUT2D eigenvalue weighted by atomic mass is 9.95. The maximum Gasteiger partial charge on any atom is 0.265 e. The van der Waals surface area contributed by atoms with Crippen LogP contribution in [0.2, 0.25) is 0 Å². The molecule has 0 fully saturated rings. The lowest BCUT2D eigenvalue weighted by molar-refractivity contribution is 0.0970. The van der Waals surface area contributed by atoms with E-state index in [1.165, 1.54) is 6.34 Å². The third-order valence-corrected chi connectivity index (χ3v) is 6.83. The summed E-state index contributed by atoms with van der Waals surface area (Å²) in [6.45, 7) is 0. The van der Waals surface area contributed by atoms with Crippen LogP contribution in [0, 0.1) is 12.3 Å². The maximum absolute atomic E-state index is 12.9. The Morgan fingerprint density at radius 2 is 1.81 bits per heavy atom. The highest BCUT2D eigenvalue weighted by atomic mass is 32.1. The molecule has 2 heterocycles. The second-order valence-corrected chi connectivity index (χ2v) is 9.35. The van der Waals surface area contributed by atoms with Gasteiger partial charge in [0, 0.05) is 22.5 Å². The van der Waals surface area contributed by atoms with Crippen LogP contribution in [0.1, 0.15) is 31.3 Å². The number of para-hydroxylation sites is 2. The molecule has 0 radical (unpaired) electrons. The van der Waals surface area contributed by atoms with Crippen LogP contribution in [0.25, 0.3) is 0 Å². The maximum atomic E-state index is 12.9. The Hall–Kier alpha value is -4.94. The SMILES string of the molecule is C#Cc1cccc(NC2=NC=NC3CC=C(NC(=O)c4ccc(C(=O)Nc5ccccc5N)s4)C=C23)c1. The number of nitrogen functional groups attached to an aromatic ring is 1. The van der Waals surface area contributed by atoms with Crippen LogP contribution >= 0.6 is 11.3 Å². The van der Waals surface area contributed by atoms with E-state index in [0.29, 0.717) is 39.1 Å². The molecule has 182 valence electrons. The van der Waals surface area contributed by atoms with Gasteiger partial charge in [0.1, 0.15) is 12.2 Å². The molecule has 2 aromatic carbocycles. The van der Waals surface area contributed by atoms with E-state index in [9.17, 15) is 9.59 Å². The zero-order valence-electron chi connectivity index (χ0n) is 19.6. The molecule has 1 aromatic heterocycles. The van der Waals surface area contributed by atoms with E-state index in [4.69, 9.17) is 12.2 Å². The van der Waals surface area contributed by atoms with E-state index in [2.05, 4.69) is 31.9 Å². The number of hydrogen-bond donors (Lipinski definition) is 4. The molecule has 2 amide bonds. The van der Waals surface area contributed by atoms with Crippen molar-refractivity contribution in [3.63, 3.8) is 0 Å². The summed E-state index contributed by atoms with van der Waals surface area (Å²) in [5.74, 6) is 2.63. The number of benzene rings is 2. The fourth-order valence-electron chi connectivity index (χ4n) is 3.89. The summed E-state index contributed by atoms with van der Waals surface area (Å²) >= 11 is 1.10. The highest BCUT2D eigenvalue weighted by molar-refractivity contribution is 7.16. The first-order chi connectivity index (χ1) is 18.0. The van der Waals surface area contributed by atoms with Gasteiger partial charge in [-0.15, -0.1) is 17.8 Å². The number of allylic oxidation sites excluding steroid dienone is 1. The minimum absolute atomic E-state index is 0.0982. The van der Waals surface area contributed by atoms with Crippen molar-refractivity contribution in [3.8, 4) is 12.3 Å². The largest absolute Gasteiger partial charge is 0.397 e. The van der Waals surface area contributed by atoms with Crippen LogP contribution in [0.4, 0.5) is 17.1 Å². The molecule has 2 aliphatic rings. The molecule has 3 aromatic rings. The van der Waals surface area contributed by atoms with Crippen LogP contribution < -0.4 is 21.7 Å². The van der Waals surface area contributed by atoms with E-state index < -0.39 is 0 Å². The summed E-state index contributed by atoms with van der Waals surface area (Å²) < 4.78 is 0. The van der Waals surface area contributed by atoms with Gasteiger partial charge in [0.2, 0.25) is 0 Å². The number of carbonyl (C=O) groups is 2. The topological polar surface area (TPSA) is 121 Å². The van der Waals surface area contributed by atoms with Gasteiger partial charge in [-0.3, -0.25) is 14.6 Å². The first-order valence-electron chi connectivity index (χ1n) is 11.4. The lowest BCUT2D eigenvalue weighted by Gasteiger charge is -2.25. The van der Waals surface area contributed by atoms with Crippen LogP contribution in [0.5, 0.6) is 0 Å². The lowest BCUT2D eigenvalue weighted by Crippen LogP contribution is -2.30. The van der Waals surface area contributed by atoms with Crippen molar-refractivity contribution in [2.45, 2.75) is 12.5 Å². The summed E-state index contributed by atoms with van der Waals surface area (Å²) in [6, 6.07) is 17.6. The van der Waals surface area contributed by atoms with Gasteiger partial charge in [-0.1, -0.05) is 30.2 Å². The predicted molar refractivity (Wildman–Crippen MR) is 149 cm³/mol. The number of thiophene rings is 1. The zero-order valence-corrected chi connectivity index (χ0v) is 20.4. The highest BCUT2D eigenvalue weighted by Crippen LogP contribution is 2.26. The second kappa shape index (κ2) is 10.4. The Balaban J connectivity index is 1.27. The second-order valence-electron chi connectivity index (χ2n) is 8.26. The van der Waals surface area contributed by atoms with Crippen molar-refractivity contribution in [1.82, 2.24) is 5.32 Å². The zero-order chi connectivity index (χ0) is 25.8. The number of nitrogens with zero attached hydrogens (tertiary/aromatic N) is 2. The summed E-state index contributed by atoms with van der Waals surface area (Å²) in [7, 11) is 0. The number of amidine groups is 1. The number of anilines is 3. The number of terminal acetylenes is 1. The summed E-state index contributed by atoms with van der Waals surface area (Å²) in [6.07, 6.45) is 11.4. The third-order valence-electron chi connectivity index (χ3n) is 5.75. The number of nitrogens with two attached hydrogens (primary N) is 1. The quantitative estimate of drug-likeness (QED) is 0.302. The van der Waals surface area contributed by atoms with Gasteiger partial charge in [0.25, 0.3) is 11.8 Å². The number of hydrogen-bond acceptors (Lipinski definition) is 7. The highest BCUT2D eigenvalue weighted by Gasteiger charge is 2.25. The van der Waals surface area contributed by atoms with E-state index in [1.54, 1.807) is 36.4 Å². The molecule has 5 rings (SSSR count). The molecule has 1 atom stereocenters. The van der Waals surface area contributed by atoms with Gasteiger partial charge in [0.05, 0.1) is 27.2 Å². The molecule has 37 heavy (non-hydrogen) atoms. The monoisotopic (exact) mass is 506 g/mol. The Labute approximate surface area is 217 Å². The number of fused-ring (bicyclic) bond motifs is 1. The van der Waals surface area contributed by atoms with E-state index in [0.717, 1.165) is 28.2 Å². The van der Waals surface area contributed by atoms with Crippen molar-refractivity contribution < 1.29 is 9.59 Å². The fraction of sp³-hybridized carbons (Fsp3) is 0.0714. The fourth-order valence-corrected chi connectivity index (χ4v) is 4.68. The smallest absolute Gasteiger partial charge is 0.265 e. The van der Waals surface area contributed by atoms with Gasteiger partial charge in [-0.05, 0) is 55.0 Å². The van der Waals surface area contributed by atoms with Crippen molar-refractivity contribution >= 4 is 52.4 Å². The molecule has 1 unspecified atom stereocenters. The molecule has 0 saturated heterocycles. The average Bonchev–Trinajstić information content (AvgIpc) is 3.41. The minimum atomic E-state index is -0.329. The van der Waals surface area contributed by atoms with Crippen LogP contribution in [0.3, 0.4) is 0 Å². The Morgan fingerprint density at radius 1 is 1.03 bits per heavy atom. The molecular weight excluding hydrogens is 484 g/mol. The molecule has 0 spiro atoms. The van der Waals surface area contributed by atoms with Crippen molar-refractivity contribution in [2.75, 3.05) is 16.4 Å². The van der Waals surface area contributed by atoms with Gasteiger partial charge in [0.15, 0.2) is 0 Å². The number of aliphatic imine (C=N–C) groups is 2. The third kappa shape index (κ3) is 5.34. The van der Waals surface area contributed by atoms with E-state index >= 15 is 0 Å². The normalized spacial score (nSPS) is 15.9. The Kier molecular flexibility index (Phi) is 6.66. The molecule has 8 nitrogen and oxygen atoms in total. The van der Waals surface area contributed by atoms with Crippen molar-refractivity contribution in [1.29, 1.82) is 0 Å². The van der Waals surface area contributed by atoms with Crippen molar-refractivity contribution in [2.24, 2.45) is 9.98 Å². The Bertz CT molecular complexity index is 1560. The number of amides is 2. The molecule has 1 aliphatic carbocycles. The molecule has 0 bridgehead atoms. The van der Waals surface area contributed by atoms with Crippen LogP contribution in [0.15, 0.2) is 94.1 Å². The van der Waals surface area contributed by atoms with E-state index in [1.807, 2.05) is 36.4 Å². The minimum Gasteiger partial charge on any atom is -0.397 e. The van der Waals surface area contributed by atoms with Crippen LogP contribution in [-0.2, 0) is 0 Å². The van der Waals surface area contributed by atoms with Gasteiger partial charge < -0.3 is 21.7 Å². The predicted octanol–water partition coefficient (Wildman–Crippen LogP) is 4.43. The van der Waals surface area contributed by atoms with Crippen molar-refractivity contribution in [3.05, 3.63) is 99.4 Å². The first kappa shape index (κ1) is 23.8. The van der Waals surface area contributed by atoms with Gasteiger partial charge in [-0.2, -0.15) is 0 Å². The average molecular weight is 507 g/mol. The van der Waals surface area contributed by atoms with E-state index in [-0.39, 0.29) is 17.9 Å². The molecule has 9 heteroatoms. The first-order valence-corrected chi connectivity index (χ1v) is 12.2. The molecule has 0 saturated carbocycles. The molecular formula is C28H22N6O2S. The number of nitrogens with one attached hydrogen (secondary N) is 3. The summed E-state index contributed by atoms with van der Waals surface area (Å²) in [5, 5.41) is 9.00. The number of rotatable bonds is 5. The number of carbonyl (C=O) groups excluding carboxylic acids is 2. The molecule has 1 aliphatic heterocycles. The van der Waals surface area contributed by atoms with Crippen LogP contribution in [-0.4, -0.2) is 30.0 Å².